The third kappa shape index (κ3) is 5.91. The summed E-state index contributed by atoms with van der Waals surface area (Å²) in [5, 5.41) is 0. The number of rotatable bonds is 12. The predicted octanol–water partition coefficient (Wildman–Crippen LogP) is 3.26. The van der Waals surface area contributed by atoms with Gasteiger partial charge in [0.1, 0.15) is 0 Å². The highest BCUT2D eigenvalue weighted by atomic mass is 28.4. The summed E-state index contributed by atoms with van der Waals surface area (Å²) in [6.45, 7) is 11.9. The second-order valence-corrected chi connectivity index (χ2v) is 7.49. The molecule has 0 fully saturated rings. The fourth-order valence-electron chi connectivity index (χ4n) is 2.07. The van der Waals surface area contributed by atoms with Crippen LogP contribution in [0.15, 0.2) is 0 Å². The molecule has 0 radical (unpaired) electrons. The van der Waals surface area contributed by atoms with Gasteiger partial charge in [-0.05, 0) is 32.1 Å². The molecule has 0 heterocycles. The monoisotopic (exact) mass is 291 g/mol. The second-order valence-electron chi connectivity index (χ2n) is 4.93. The zero-order valence-electron chi connectivity index (χ0n) is 13.5. The zero-order chi connectivity index (χ0) is 14.8. The molecule has 19 heavy (non-hydrogen) atoms. The summed E-state index contributed by atoms with van der Waals surface area (Å²) < 4.78 is 18.3. The van der Waals surface area contributed by atoms with Crippen LogP contribution >= 0.6 is 0 Å². The van der Waals surface area contributed by atoms with Gasteiger partial charge in [0.15, 0.2) is 0 Å². The van der Waals surface area contributed by atoms with Gasteiger partial charge in [0.05, 0.1) is 11.8 Å². The lowest BCUT2D eigenvalue weighted by molar-refractivity contribution is -0.0394. The van der Waals surface area contributed by atoms with Gasteiger partial charge in [0, 0.05) is 13.2 Å². The van der Waals surface area contributed by atoms with E-state index >= 15 is 0 Å². The number of hydrogen-bond donors (Lipinski definition) is 1. The fourth-order valence-corrected chi connectivity index (χ4v) is 4.71. The first kappa shape index (κ1) is 19.1. The predicted molar refractivity (Wildman–Crippen MR) is 82.0 cm³/mol. The normalized spacial score (nSPS) is 12.9. The van der Waals surface area contributed by atoms with Gasteiger partial charge in [-0.1, -0.05) is 34.6 Å². The molecule has 0 aromatic heterocycles. The third-order valence-corrected chi connectivity index (χ3v) is 6.14. The molecule has 0 aromatic rings. The molecule has 0 amide bonds. The molecule has 0 saturated carbocycles. The summed E-state index contributed by atoms with van der Waals surface area (Å²) in [6.07, 6.45) is 5.13. The summed E-state index contributed by atoms with van der Waals surface area (Å²) in [5.41, 5.74) is 5.79. The van der Waals surface area contributed by atoms with Crippen LogP contribution in [0.2, 0.25) is 0 Å². The SMILES string of the molecule is CCCO[Si](CN)(OCCC)OC(CC)(CC)CC. The van der Waals surface area contributed by atoms with Crippen molar-refractivity contribution >= 4 is 8.80 Å². The van der Waals surface area contributed by atoms with E-state index < -0.39 is 8.80 Å². The molecule has 2 N–H and O–H groups in total. The molecule has 0 atom stereocenters. The fraction of sp³-hybridized carbons (Fsp3) is 1.00. The molecule has 0 bridgehead atoms. The molecule has 0 unspecified atom stereocenters. The lowest BCUT2D eigenvalue weighted by Gasteiger charge is -2.39. The Morgan fingerprint density at radius 3 is 1.53 bits per heavy atom. The molecule has 116 valence electrons. The van der Waals surface area contributed by atoms with E-state index in [1.165, 1.54) is 0 Å². The number of hydrogen-bond acceptors (Lipinski definition) is 4. The Balaban J connectivity index is 4.96. The Bertz CT molecular complexity index is 206. The van der Waals surface area contributed by atoms with E-state index in [0.29, 0.717) is 19.4 Å². The van der Waals surface area contributed by atoms with Crippen LogP contribution in [-0.4, -0.2) is 33.8 Å². The summed E-state index contributed by atoms with van der Waals surface area (Å²) in [6, 6.07) is 0. The van der Waals surface area contributed by atoms with Crippen molar-refractivity contribution in [2.45, 2.75) is 72.3 Å². The minimum atomic E-state index is -2.73. The van der Waals surface area contributed by atoms with E-state index in [1.54, 1.807) is 0 Å². The summed E-state index contributed by atoms with van der Waals surface area (Å²) in [4.78, 5) is 0. The first-order valence-corrected chi connectivity index (χ1v) is 9.68. The minimum absolute atomic E-state index is 0.160. The van der Waals surface area contributed by atoms with E-state index in [0.717, 1.165) is 32.1 Å². The molecule has 0 rings (SSSR count). The molecule has 5 heteroatoms. The maximum atomic E-state index is 6.40. The highest BCUT2D eigenvalue weighted by molar-refractivity contribution is 6.61. The first-order chi connectivity index (χ1) is 9.07. The van der Waals surface area contributed by atoms with Gasteiger partial charge in [-0.3, -0.25) is 0 Å². The van der Waals surface area contributed by atoms with Crippen LogP contribution in [0.5, 0.6) is 0 Å². The van der Waals surface area contributed by atoms with Crippen LogP contribution in [-0.2, 0) is 13.3 Å². The standard InChI is InChI=1S/C14H33NO3Si/c1-6-11-16-19(13-15,17-12-7-2)18-14(8-3,9-4)10-5/h6-13,15H2,1-5H3. The molecule has 0 aliphatic carbocycles. The van der Waals surface area contributed by atoms with Crippen molar-refractivity contribution < 1.29 is 13.3 Å². The molecule has 0 aliphatic heterocycles. The molecule has 4 nitrogen and oxygen atoms in total. The topological polar surface area (TPSA) is 53.7 Å². The van der Waals surface area contributed by atoms with Gasteiger partial charge in [0.2, 0.25) is 0 Å². The van der Waals surface area contributed by atoms with Crippen molar-refractivity contribution in [1.82, 2.24) is 0 Å². The highest BCUT2D eigenvalue weighted by Crippen LogP contribution is 2.29. The van der Waals surface area contributed by atoms with Crippen LogP contribution < -0.4 is 5.73 Å². The van der Waals surface area contributed by atoms with Gasteiger partial charge < -0.3 is 19.0 Å². The van der Waals surface area contributed by atoms with Crippen molar-refractivity contribution in [3.63, 3.8) is 0 Å². The number of nitrogens with two attached hydrogens (primary N) is 1. The largest absolute Gasteiger partial charge is 0.515 e. The average Bonchev–Trinajstić information content (AvgIpc) is 2.47. The zero-order valence-corrected chi connectivity index (χ0v) is 14.5. The van der Waals surface area contributed by atoms with E-state index in [4.69, 9.17) is 19.0 Å². The summed E-state index contributed by atoms with van der Waals surface area (Å²) in [7, 11) is -2.73. The average molecular weight is 292 g/mol. The van der Waals surface area contributed by atoms with Gasteiger partial charge in [0.25, 0.3) is 0 Å². The molecule has 0 saturated heterocycles. The second kappa shape index (κ2) is 9.88. The third-order valence-electron chi connectivity index (χ3n) is 3.61. The van der Waals surface area contributed by atoms with Crippen LogP contribution in [0.4, 0.5) is 0 Å². The molecule has 0 spiro atoms. The summed E-state index contributed by atoms with van der Waals surface area (Å²) in [5.74, 6) is 0. The summed E-state index contributed by atoms with van der Waals surface area (Å²) >= 11 is 0. The molecular formula is C14H33NO3Si. The van der Waals surface area contributed by atoms with Crippen LogP contribution in [0, 0.1) is 0 Å². The molecule has 0 aliphatic rings. The molecular weight excluding hydrogens is 258 g/mol. The Labute approximate surface area is 120 Å². The van der Waals surface area contributed by atoms with Crippen LogP contribution in [0.1, 0.15) is 66.7 Å². The lowest BCUT2D eigenvalue weighted by Crippen LogP contribution is -2.58. The maximum absolute atomic E-state index is 6.40. The Hall–Kier alpha value is 0.0569. The van der Waals surface area contributed by atoms with Gasteiger partial charge >= 0.3 is 8.80 Å². The quantitative estimate of drug-likeness (QED) is 0.561. The van der Waals surface area contributed by atoms with Crippen LogP contribution in [0.25, 0.3) is 0 Å². The Morgan fingerprint density at radius 1 is 0.842 bits per heavy atom. The molecule has 0 aromatic carbocycles. The highest BCUT2D eigenvalue weighted by Gasteiger charge is 2.46. The Kier molecular flexibility index (Phi) is 9.91. The van der Waals surface area contributed by atoms with Crippen molar-refractivity contribution in [3.8, 4) is 0 Å². The Morgan fingerprint density at radius 2 is 1.26 bits per heavy atom. The maximum Gasteiger partial charge on any atom is 0.515 e. The van der Waals surface area contributed by atoms with Crippen molar-refractivity contribution in [2.24, 2.45) is 5.73 Å². The van der Waals surface area contributed by atoms with Crippen molar-refractivity contribution in [1.29, 1.82) is 0 Å². The van der Waals surface area contributed by atoms with Gasteiger partial charge in [-0.2, -0.15) is 0 Å². The van der Waals surface area contributed by atoms with E-state index in [9.17, 15) is 0 Å². The van der Waals surface area contributed by atoms with Gasteiger partial charge in [-0.25, -0.2) is 0 Å². The van der Waals surface area contributed by atoms with Crippen LogP contribution in [0.3, 0.4) is 0 Å². The van der Waals surface area contributed by atoms with Crippen molar-refractivity contribution in [3.05, 3.63) is 0 Å². The van der Waals surface area contributed by atoms with E-state index in [1.807, 2.05) is 0 Å². The smallest absolute Gasteiger partial charge is 0.373 e. The van der Waals surface area contributed by atoms with E-state index in [2.05, 4.69) is 34.6 Å². The first-order valence-electron chi connectivity index (χ1n) is 7.75. The lowest BCUT2D eigenvalue weighted by atomic mass is 9.95. The van der Waals surface area contributed by atoms with Crippen molar-refractivity contribution in [2.75, 3.05) is 19.4 Å². The minimum Gasteiger partial charge on any atom is -0.373 e. The van der Waals surface area contributed by atoms with Gasteiger partial charge in [-0.15, -0.1) is 0 Å². The van der Waals surface area contributed by atoms with E-state index in [-0.39, 0.29) is 5.60 Å².